The second-order valence-electron chi connectivity index (χ2n) is 15.1. The summed E-state index contributed by atoms with van der Waals surface area (Å²) >= 11 is 0. The number of nitrogens with zero attached hydrogens (tertiary/aromatic N) is 1. The van der Waals surface area contributed by atoms with Crippen molar-refractivity contribution >= 4 is 11.8 Å². The monoisotopic (exact) mass is 697 g/mol. The smallest absolute Gasteiger partial charge is 0.222 e. The molecule has 2 N–H and O–H groups in total. The number of carbonyl (C=O) groups excluding carboxylic acids is 2. The van der Waals surface area contributed by atoms with Crippen LogP contribution in [0.25, 0.3) is 0 Å². The lowest BCUT2D eigenvalue weighted by molar-refractivity contribution is -0.131. The van der Waals surface area contributed by atoms with Gasteiger partial charge >= 0.3 is 0 Å². The van der Waals surface area contributed by atoms with E-state index in [0.717, 1.165) is 64.5 Å². The third-order valence-corrected chi connectivity index (χ3v) is 10.1. The first-order chi connectivity index (χ1) is 24.6. The molecule has 0 aromatic carbocycles. The standard InChI is InChI=1S/C46H84N2O2/c1-3-5-7-9-11-13-27-31-35-39-43-48(44-40-36-32-28-14-12-10-8-6-4-2)46(50)42-38-34-30-26-24-22-20-18-16-15-17-19-21-23-25-29-33-37-41-45(47)49/h3-14,19-44H2,1-2H3,(H2,47,49). The maximum atomic E-state index is 13.2. The summed E-state index contributed by atoms with van der Waals surface area (Å²) in [6, 6.07) is 0. The van der Waals surface area contributed by atoms with Gasteiger partial charge in [-0.05, 0) is 50.4 Å². The summed E-state index contributed by atoms with van der Waals surface area (Å²) in [5, 5.41) is 0. The number of carbonyl (C=O) groups is 2. The molecule has 0 saturated carbocycles. The summed E-state index contributed by atoms with van der Waals surface area (Å²) in [6.45, 7) is 6.52. The van der Waals surface area contributed by atoms with Crippen molar-refractivity contribution in [1.29, 1.82) is 0 Å². The Bertz CT molecular complexity index is 837. The van der Waals surface area contributed by atoms with Gasteiger partial charge in [-0.3, -0.25) is 9.59 Å². The molecule has 0 fully saturated rings. The van der Waals surface area contributed by atoms with Crippen LogP contribution in [0.1, 0.15) is 245 Å². The van der Waals surface area contributed by atoms with Gasteiger partial charge in [-0.2, -0.15) is 0 Å². The van der Waals surface area contributed by atoms with E-state index in [0.29, 0.717) is 12.3 Å². The highest BCUT2D eigenvalue weighted by Crippen LogP contribution is 2.15. The third-order valence-electron chi connectivity index (χ3n) is 10.1. The summed E-state index contributed by atoms with van der Waals surface area (Å²) in [5.41, 5.74) is 5.17. The van der Waals surface area contributed by atoms with Crippen molar-refractivity contribution in [1.82, 2.24) is 4.90 Å². The number of amides is 2. The summed E-state index contributed by atoms with van der Waals surface area (Å²) in [7, 11) is 0. The molecular weight excluding hydrogens is 613 g/mol. The van der Waals surface area contributed by atoms with Gasteiger partial charge in [-0.15, -0.1) is 0 Å². The van der Waals surface area contributed by atoms with Gasteiger partial charge in [0.25, 0.3) is 0 Å². The van der Waals surface area contributed by atoms with Crippen molar-refractivity contribution in [2.45, 2.75) is 245 Å². The Morgan fingerprint density at radius 1 is 0.400 bits per heavy atom. The fourth-order valence-electron chi connectivity index (χ4n) is 6.73. The fraction of sp³-hybridized carbons (Fsp3) is 0.870. The van der Waals surface area contributed by atoms with Gasteiger partial charge in [-0.1, -0.05) is 193 Å². The second kappa shape index (κ2) is 41.5. The Morgan fingerprint density at radius 3 is 1.06 bits per heavy atom. The first-order valence-corrected chi connectivity index (χ1v) is 22.1. The lowest BCUT2D eigenvalue weighted by atomic mass is 10.1. The van der Waals surface area contributed by atoms with E-state index in [2.05, 4.69) is 42.4 Å². The average Bonchev–Trinajstić information content (AvgIpc) is 3.11. The molecule has 0 unspecified atom stereocenters. The molecule has 50 heavy (non-hydrogen) atoms. The largest absolute Gasteiger partial charge is 0.370 e. The van der Waals surface area contributed by atoms with Crippen molar-refractivity contribution in [2.24, 2.45) is 5.73 Å². The normalized spacial score (nSPS) is 10.8. The van der Waals surface area contributed by atoms with Crippen molar-refractivity contribution < 1.29 is 9.59 Å². The predicted molar refractivity (Wildman–Crippen MR) is 219 cm³/mol. The van der Waals surface area contributed by atoms with Crippen molar-refractivity contribution in [3.05, 3.63) is 0 Å². The molecule has 2 amide bonds. The number of nitrogens with two attached hydrogens (primary N) is 1. The summed E-state index contributed by atoms with van der Waals surface area (Å²) in [5.74, 6) is 12.7. The molecule has 0 aliphatic rings. The topological polar surface area (TPSA) is 63.4 Å². The Labute approximate surface area is 313 Å². The SMILES string of the molecule is CCCCCCCCCCCCN(CCCCCCCCCCCC)C(=O)CCCCCCCCC#CC#CCCCCCCCCC(N)=O. The highest BCUT2D eigenvalue weighted by Gasteiger charge is 2.12. The predicted octanol–water partition coefficient (Wildman–Crippen LogP) is 13.4. The molecule has 0 aromatic rings. The maximum absolute atomic E-state index is 13.2. The van der Waals surface area contributed by atoms with E-state index in [9.17, 15) is 9.59 Å². The molecule has 0 saturated heterocycles. The maximum Gasteiger partial charge on any atom is 0.222 e. The third kappa shape index (κ3) is 38.9. The lowest BCUT2D eigenvalue weighted by Crippen LogP contribution is -2.32. The Kier molecular flexibility index (Phi) is 39.9. The van der Waals surface area contributed by atoms with Gasteiger partial charge in [0.2, 0.25) is 11.8 Å². The van der Waals surface area contributed by atoms with Crippen LogP contribution in [-0.2, 0) is 9.59 Å². The molecule has 4 heteroatoms. The molecule has 4 nitrogen and oxygen atoms in total. The van der Waals surface area contributed by atoms with E-state index < -0.39 is 0 Å². The number of rotatable bonds is 38. The van der Waals surface area contributed by atoms with Crippen LogP contribution in [0.5, 0.6) is 0 Å². The van der Waals surface area contributed by atoms with Crippen LogP contribution >= 0.6 is 0 Å². The molecule has 0 aromatic heterocycles. The number of primary amides is 1. The van der Waals surface area contributed by atoms with Crippen molar-refractivity contribution in [2.75, 3.05) is 13.1 Å². The molecule has 0 aliphatic carbocycles. The minimum absolute atomic E-state index is 0.188. The van der Waals surface area contributed by atoms with Gasteiger partial charge in [0.1, 0.15) is 0 Å². The van der Waals surface area contributed by atoms with Crippen molar-refractivity contribution in [3.63, 3.8) is 0 Å². The first kappa shape index (κ1) is 48.1. The molecule has 0 bridgehead atoms. The van der Waals surface area contributed by atoms with Crippen LogP contribution < -0.4 is 5.73 Å². The number of hydrogen-bond acceptors (Lipinski definition) is 2. The second-order valence-corrected chi connectivity index (χ2v) is 15.1. The molecule has 0 rings (SSSR count). The van der Waals surface area contributed by atoms with Gasteiger partial charge < -0.3 is 10.6 Å². The highest BCUT2D eigenvalue weighted by atomic mass is 16.2. The Balaban J connectivity index is 4.04. The Morgan fingerprint density at radius 2 is 0.700 bits per heavy atom. The van der Waals surface area contributed by atoms with Crippen LogP contribution in [0.4, 0.5) is 0 Å². The molecular formula is C46H84N2O2. The van der Waals surface area contributed by atoms with Gasteiger partial charge in [0.05, 0.1) is 0 Å². The van der Waals surface area contributed by atoms with E-state index >= 15 is 0 Å². The zero-order valence-corrected chi connectivity index (χ0v) is 33.7. The van der Waals surface area contributed by atoms with Crippen LogP contribution in [0.3, 0.4) is 0 Å². The van der Waals surface area contributed by atoms with Crippen LogP contribution in [0, 0.1) is 23.7 Å². The molecule has 0 radical (unpaired) electrons. The molecule has 290 valence electrons. The van der Waals surface area contributed by atoms with Crippen LogP contribution in [-0.4, -0.2) is 29.8 Å². The highest BCUT2D eigenvalue weighted by molar-refractivity contribution is 5.76. The summed E-state index contributed by atoms with van der Waals surface area (Å²) in [6.07, 6.45) is 43.8. The minimum Gasteiger partial charge on any atom is -0.370 e. The molecule has 0 aliphatic heterocycles. The van der Waals surface area contributed by atoms with E-state index in [-0.39, 0.29) is 5.91 Å². The van der Waals surface area contributed by atoms with Gasteiger partial charge in [0.15, 0.2) is 0 Å². The van der Waals surface area contributed by atoms with E-state index in [1.807, 2.05) is 0 Å². The summed E-state index contributed by atoms with van der Waals surface area (Å²) in [4.78, 5) is 26.2. The zero-order valence-electron chi connectivity index (χ0n) is 33.7. The van der Waals surface area contributed by atoms with Crippen LogP contribution in [0.2, 0.25) is 0 Å². The van der Waals surface area contributed by atoms with Gasteiger partial charge in [0, 0.05) is 38.8 Å². The molecule has 0 heterocycles. The molecule has 0 spiro atoms. The number of hydrogen-bond donors (Lipinski definition) is 1. The van der Waals surface area contributed by atoms with E-state index in [1.54, 1.807) is 0 Å². The minimum atomic E-state index is -0.188. The van der Waals surface area contributed by atoms with E-state index in [1.165, 1.54) is 173 Å². The zero-order chi connectivity index (χ0) is 36.4. The van der Waals surface area contributed by atoms with Crippen LogP contribution in [0.15, 0.2) is 0 Å². The first-order valence-electron chi connectivity index (χ1n) is 22.1. The fourth-order valence-corrected chi connectivity index (χ4v) is 6.73. The Hall–Kier alpha value is -1.94. The quantitative estimate of drug-likeness (QED) is 0.0516. The molecule has 0 atom stereocenters. The van der Waals surface area contributed by atoms with E-state index in [4.69, 9.17) is 5.73 Å². The average molecular weight is 697 g/mol. The summed E-state index contributed by atoms with van der Waals surface area (Å²) < 4.78 is 0. The number of unbranched alkanes of at least 4 members (excludes halogenated alkanes) is 30. The lowest BCUT2D eigenvalue weighted by Gasteiger charge is -2.23. The van der Waals surface area contributed by atoms with Crippen molar-refractivity contribution in [3.8, 4) is 23.7 Å². The van der Waals surface area contributed by atoms with Gasteiger partial charge in [-0.25, -0.2) is 0 Å².